The van der Waals surface area contributed by atoms with Crippen molar-refractivity contribution in [1.82, 2.24) is 0 Å². The molecule has 0 aliphatic heterocycles. The third-order valence-electron chi connectivity index (χ3n) is 6.89. The molecular formula is C28H60O2Si. The molecule has 0 fully saturated rings. The van der Waals surface area contributed by atoms with Crippen LogP contribution in [0.25, 0.3) is 0 Å². The molecule has 0 aromatic heterocycles. The zero-order valence-electron chi connectivity index (χ0n) is 22.5. The Morgan fingerprint density at radius 1 is 0.516 bits per heavy atom. The van der Waals surface area contributed by atoms with Crippen LogP contribution >= 0.6 is 0 Å². The van der Waals surface area contributed by atoms with Gasteiger partial charge in [-0.1, -0.05) is 137 Å². The van der Waals surface area contributed by atoms with Gasteiger partial charge in [-0.05, 0) is 31.4 Å². The first-order chi connectivity index (χ1) is 15.2. The zero-order chi connectivity index (χ0) is 23.0. The summed E-state index contributed by atoms with van der Waals surface area (Å²) in [7, 11) is -1.97. The lowest BCUT2D eigenvalue weighted by Gasteiger charge is -2.33. The van der Waals surface area contributed by atoms with E-state index in [0.29, 0.717) is 6.10 Å². The zero-order valence-corrected chi connectivity index (χ0v) is 23.5. The van der Waals surface area contributed by atoms with E-state index in [0.717, 1.165) is 25.1 Å². The molecule has 0 radical (unpaired) electrons. The van der Waals surface area contributed by atoms with Crippen molar-refractivity contribution in [2.45, 2.75) is 175 Å². The van der Waals surface area contributed by atoms with Crippen LogP contribution in [-0.4, -0.2) is 21.3 Å². The van der Waals surface area contributed by atoms with Crippen molar-refractivity contribution < 1.29 is 8.85 Å². The Kier molecular flexibility index (Phi) is 23.4. The highest BCUT2D eigenvalue weighted by Crippen LogP contribution is 2.24. The maximum absolute atomic E-state index is 6.57. The molecule has 0 aliphatic carbocycles. The summed E-state index contributed by atoms with van der Waals surface area (Å²) in [6.07, 6.45) is 26.6. The van der Waals surface area contributed by atoms with Crippen LogP contribution < -0.4 is 0 Å². The van der Waals surface area contributed by atoms with Gasteiger partial charge < -0.3 is 8.85 Å². The van der Waals surface area contributed by atoms with Crippen LogP contribution in [0.5, 0.6) is 0 Å². The lowest BCUT2D eigenvalue weighted by atomic mass is 10.0. The highest BCUT2D eigenvalue weighted by Gasteiger charge is 2.35. The fraction of sp³-hybridized carbons (Fsp3) is 1.00. The third-order valence-corrected chi connectivity index (χ3v) is 10.5. The van der Waals surface area contributed by atoms with Gasteiger partial charge in [0.2, 0.25) is 0 Å². The SMILES string of the molecule is CCCCCCCCCCCCCCCCCCO[Si](CC)(CC)OC(CC)CCC. The lowest BCUT2D eigenvalue weighted by molar-refractivity contribution is 0.102. The summed E-state index contributed by atoms with van der Waals surface area (Å²) in [6, 6.07) is 2.17. The van der Waals surface area contributed by atoms with Gasteiger partial charge >= 0.3 is 8.56 Å². The van der Waals surface area contributed by atoms with Crippen molar-refractivity contribution in [1.29, 1.82) is 0 Å². The number of hydrogen-bond acceptors (Lipinski definition) is 2. The summed E-state index contributed by atoms with van der Waals surface area (Å²) in [6.45, 7) is 12.2. The molecule has 1 unspecified atom stereocenters. The van der Waals surface area contributed by atoms with E-state index in [1.165, 1.54) is 116 Å². The van der Waals surface area contributed by atoms with Gasteiger partial charge in [-0.15, -0.1) is 0 Å². The van der Waals surface area contributed by atoms with Crippen molar-refractivity contribution in [2.75, 3.05) is 6.61 Å². The fourth-order valence-corrected chi connectivity index (χ4v) is 7.25. The molecule has 0 heterocycles. The smallest absolute Gasteiger partial charge is 0.337 e. The van der Waals surface area contributed by atoms with Crippen LogP contribution in [0.15, 0.2) is 0 Å². The average molecular weight is 457 g/mol. The van der Waals surface area contributed by atoms with E-state index in [4.69, 9.17) is 8.85 Å². The number of unbranched alkanes of at least 4 members (excludes halogenated alkanes) is 15. The predicted molar refractivity (Wildman–Crippen MR) is 142 cm³/mol. The summed E-state index contributed by atoms with van der Waals surface area (Å²) in [5.41, 5.74) is 0. The Bertz CT molecular complexity index is 344. The average Bonchev–Trinajstić information content (AvgIpc) is 2.79. The molecule has 1 atom stereocenters. The molecule has 31 heavy (non-hydrogen) atoms. The molecule has 188 valence electrons. The molecule has 2 nitrogen and oxygen atoms in total. The van der Waals surface area contributed by atoms with Gasteiger partial charge in [0.05, 0.1) is 0 Å². The summed E-state index contributed by atoms with van der Waals surface area (Å²) in [5.74, 6) is 0. The van der Waals surface area contributed by atoms with Crippen LogP contribution in [0.4, 0.5) is 0 Å². The summed E-state index contributed by atoms with van der Waals surface area (Å²) < 4.78 is 13.0. The van der Waals surface area contributed by atoms with E-state index >= 15 is 0 Å². The second-order valence-corrected chi connectivity index (χ2v) is 13.5. The second-order valence-electron chi connectivity index (χ2n) is 9.71. The van der Waals surface area contributed by atoms with E-state index in [1.54, 1.807) is 0 Å². The maximum atomic E-state index is 6.57. The van der Waals surface area contributed by atoms with Crippen LogP contribution in [0.2, 0.25) is 12.1 Å². The van der Waals surface area contributed by atoms with Gasteiger partial charge in [0.25, 0.3) is 0 Å². The first-order valence-corrected chi connectivity index (χ1v) is 16.7. The minimum absolute atomic E-state index is 0.405. The molecule has 0 aliphatic rings. The Hall–Kier alpha value is 0.137. The summed E-state index contributed by atoms with van der Waals surface area (Å²) in [5, 5.41) is 0. The van der Waals surface area contributed by atoms with Crippen molar-refractivity contribution in [2.24, 2.45) is 0 Å². The summed E-state index contributed by atoms with van der Waals surface area (Å²) in [4.78, 5) is 0. The van der Waals surface area contributed by atoms with Crippen molar-refractivity contribution in [3.05, 3.63) is 0 Å². The Morgan fingerprint density at radius 2 is 0.935 bits per heavy atom. The molecule has 0 N–H and O–H groups in total. The van der Waals surface area contributed by atoms with Crippen LogP contribution in [0.1, 0.15) is 157 Å². The normalized spacial score (nSPS) is 13.1. The monoisotopic (exact) mass is 456 g/mol. The van der Waals surface area contributed by atoms with Crippen LogP contribution in [-0.2, 0) is 8.85 Å². The van der Waals surface area contributed by atoms with E-state index in [2.05, 4.69) is 34.6 Å². The van der Waals surface area contributed by atoms with E-state index in [1.807, 2.05) is 0 Å². The highest BCUT2D eigenvalue weighted by molar-refractivity contribution is 6.67. The molecule has 0 aromatic rings. The standard InChI is InChI=1S/C28H60O2Si/c1-6-11-12-13-14-15-16-17-18-19-20-21-22-23-24-25-27-29-31(9-4,10-5)30-28(8-3)26-7-2/h28H,6-27H2,1-5H3. The number of rotatable bonds is 25. The second kappa shape index (κ2) is 23.3. The molecule has 0 saturated heterocycles. The first-order valence-electron chi connectivity index (χ1n) is 14.5. The van der Waals surface area contributed by atoms with Crippen molar-refractivity contribution in [3.8, 4) is 0 Å². The van der Waals surface area contributed by atoms with Crippen LogP contribution in [0.3, 0.4) is 0 Å². The topological polar surface area (TPSA) is 18.5 Å². The van der Waals surface area contributed by atoms with Gasteiger partial charge in [-0.3, -0.25) is 0 Å². The lowest BCUT2D eigenvalue weighted by Crippen LogP contribution is -2.44. The molecule has 0 rings (SSSR count). The van der Waals surface area contributed by atoms with Gasteiger partial charge in [-0.2, -0.15) is 0 Å². The van der Waals surface area contributed by atoms with Gasteiger partial charge in [0.1, 0.15) is 0 Å². The summed E-state index contributed by atoms with van der Waals surface area (Å²) >= 11 is 0. The minimum Gasteiger partial charge on any atom is -0.394 e. The number of hydrogen-bond donors (Lipinski definition) is 0. The Morgan fingerprint density at radius 3 is 1.29 bits per heavy atom. The minimum atomic E-state index is -1.97. The highest BCUT2D eigenvalue weighted by atomic mass is 28.4. The Labute approximate surface area is 198 Å². The first kappa shape index (κ1) is 31.1. The van der Waals surface area contributed by atoms with Crippen molar-refractivity contribution in [3.63, 3.8) is 0 Å². The molecule has 0 saturated carbocycles. The largest absolute Gasteiger partial charge is 0.394 e. The quantitative estimate of drug-likeness (QED) is 0.100. The molecule has 0 spiro atoms. The van der Waals surface area contributed by atoms with Crippen molar-refractivity contribution >= 4 is 8.56 Å². The molecule has 3 heteroatoms. The van der Waals surface area contributed by atoms with Gasteiger partial charge in [-0.25, -0.2) is 0 Å². The van der Waals surface area contributed by atoms with E-state index in [9.17, 15) is 0 Å². The molecule has 0 aromatic carbocycles. The maximum Gasteiger partial charge on any atom is 0.337 e. The molecule has 0 bridgehead atoms. The van der Waals surface area contributed by atoms with Gasteiger partial charge in [0, 0.05) is 12.7 Å². The van der Waals surface area contributed by atoms with E-state index in [-0.39, 0.29) is 0 Å². The van der Waals surface area contributed by atoms with E-state index < -0.39 is 8.56 Å². The Balaban J connectivity index is 3.56. The predicted octanol–water partition coefficient (Wildman–Crippen LogP) is 10.3. The fourth-order valence-electron chi connectivity index (χ4n) is 4.54. The van der Waals surface area contributed by atoms with Gasteiger partial charge in [0.15, 0.2) is 0 Å². The molecular weight excluding hydrogens is 396 g/mol. The third kappa shape index (κ3) is 18.3. The molecule has 0 amide bonds. The van der Waals surface area contributed by atoms with Crippen LogP contribution in [0, 0.1) is 0 Å².